The molecule has 1 aliphatic rings. The van der Waals surface area contributed by atoms with Crippen LogP contribution in [0.15, 0.2) is 24.3 Å². The van der Waals surface area contributed by atoms with Crippen molar-refractivity contribution in [2.45, 2.75) is 39.2 Å². The molecular weight excluding hydrogens is 336 g/mol. The summed E-state index contributed by atoms with van der Waals surface area (Å²) < 4.78 is 0. The SMILES string of the molecule is CCNC(=O)NC(=O)CN1C(=O)NC(C)(c2ccc(C(C)C)cc2)C1=O. The van der Waals surface area contributed by atoms with Crippen LogP contribution in [0.2, 0.25) is 0 Å². The molecule has 0 spiro atoms. The van der Waals surface area contributed by atoms with Crippen molar-refractivity contribution in [2.24, 2.45) is 0 Å². The number of carbonyl (C=O) groups is 4. The molecule has 1 unspecified atom stereocenters. The van der Waals surface area contributed by atoms with E-state index >= 15 is 0 Å². The third-order valence-electron chi connectivity index (χ3n) is 4.32. The molecule has 3 N–H and O–H groups in total. The molecule has 1 aromatic rings. The van der Waals surface area contributed by atoms with Crippen LogP contribution in [0.25, 0.3) is 0 Å². The van der Waals surface area contributed by atoms with Gasteiger partial charge >= 0.3 is 12.1 Å². The third kappa shape index (κ3) is 3.84. The second-order valence-electron chi connectivity index (χ2n) is 6.63. The molecule has 1 aromatic carbocycles. The summed E-state index contributed by atoms with van der Waals surface area (Å²) in [6.45, 7) is 7.26. The van der Waals surface area contributed by atoms with E-state index in [-0.39, 0.29) is 0 Å². The highest BCUT2D eigenvalue weighted by Gasteiger charge is 2.49. The summed E-state index contributed by atoms with van der Waals surface area (Å²) in [7, 11) is 0. The van der Waals surface area contributed by atoms with E-state index in [1.165, 1.54) is 0 Å². The van der Waals surface area contributed by atoms with Gasteiger partial charge in [-0.2, -0.15) is 0 Å². The number of rotatable bonds is 5. The highest BCUT2D eigenvalue weighted by molar-refractivity contribution is 6.10. The van der Waals surface area contributed by atoms with Gasteiger partial charge in [-0.15, -0.1) is 0 Å². The van der Waals surface area contributed by atoms with E-state index in [1.54, 1.807) is 26.0 Å². The molecule has 0 bridgehead atoms. The Kier molecular flexibility index (Phi) is 5.64. The fraction of sp³-hybridized carbons (Fsp3) is 0.444. The Morgan fingerprint density at radius 2 is 1.81 bits per heavy atom. The van der Waals surface area contributed by atoms with Gasteiger partial charge in [0, 0.05) is 6.54 Å². The van der Waals surface area contributed by atoms with Crippen LogP contribution in [0.4, 0.5) is 9.59 Å². The van der Waals surface area contributed by atoms with Crippen LogP contribution in [0.1, 0.15) is 44.7 Å². The van der Waals surface area contributed by atoms with Gasteiger partial charge in [0.15, 0.2) is 0 Å². The molecule has 1 atom stereocenters. The van der Waals surface area contributed by atoms with E-state index < -0.39 is 36.0 Å². The van der Waals surface area contributed by atoms with Crippen LogP contribution in [-0.4, -0.2) is 41.9 Å². The highest BCUT2D eigenvalue weighted by Crippen LogP contribution is 2.29. The number of imide groups is 2. The summed E-state index contributed by atoms with van der Waals surface area (Å²) in [6, 6.07) is 6.08. The zero-order chi connectivity index (χ0) is 19.5. The molecule has 140 valence electrons. The van der Waals surface area contributed by atoms with Crippen LogP contribution < -0.4 is 16.0 Å². The maximum atomic E-state index is 12.8. The maximum Gasteiger partial charge on any atom is 0.325 e. The van der Waals surface area contributed by atoms with Crippen LogP contribution in [-0.2, 0) is 15.1 Å². The number of benzene rings is 1. The zero-order valence-electron chi connectivity index (χ0n) is 15.4. The number of hydrogen-bond donors (Lipinski definition) is 3. The van der Waals surface area contributed by atoms with E-state index in [2.05, 4.69) is 29.8 Å². The summed E-state index contributed by atoms with van der Waals surface area (Å²) in [5.41, 5.74) is 0.498. The summed E-state index contributed by atoms with van der Waals surface area (Å²) in [6.07, 6.45) is 0. The lowest BCUT2D eigenvalue weighted by Gasteiger charge is -2.22. The van der Waals surface area contributed by atoms with Gasteiger partial charge in [0.25, 0.3) is 5.91 Å². The lowest BCUT2D eigenvalue weighted by Crippen LogP contribution is -2.46. The molecule has 8 nitrogen and oxygen atoms in total. The Morgan fingerprint density at radius 1 is 1.19 bits per heavy atom. The van der Waals surface area contributed by atoms with Crippen molar-refractivity contribution in [1.29, 1.82) is 0 Å². The quantitative estimate of drug-likeness (QED) is 0.690. The topological polar surface area (TPSA) is 108 Å². The fourth-order valence-corrected chi connectivity index (χ4v) is 2.75. The fourth-order valence-electron chi connectivity index (χ4n) is 2.75. The van der Waals surface area contributed by atoms with Crippen molar-refractivity contribution >= 4 is 23.9 Å². The second-order valence-corrected chi connectivity index (χ2v) is 6.63. The van der Waals surface area contributed by atoms with Gasteiger partial charge in [-0.05, 0) is 30.9 Å². The van der Waals surface area contributed by atoms with Gasteiger partial charge in [0.2, 0.25) is 5.91 Å². The Balaban J connectivity index is 2.14. The van der Waals surface area contributed by atoms with Crippen molar-refractivity contribution in [3.8, 4) is 0 Å². The Hall–Kier alpha value is -2.90. The van der Waals surface area contributed by atoms with Gasteiger partial charge in [-0.25, -0.2) is 9.59 Å². The van der Waals surface area contributed by atoms with Gasteiger partial charge in [0.1, 0.15) is 12.1 Å². The number of nitrogens with zero attached hydrogens (tertiary/aromatic N) is 1. The lowest BCUT2D eigenvalue weighted by molar-refractivity contribution is -0.134. The predicted molar refractivity (Wildman–Crippen MR) is 95.3 cm³/mol. The van der Waals surface area contributed by atoms with E-state index in [0.29, 0.717) is 18.0 Å². The summed E-state index contributed by atoms with van der Waals surface area (Å²) in [4.78, 5) is 49.1. The number of urea groups is 2. The van der Waals surface area contributed by atoms with Crippen molar-refractivity contribution in [1.82, 2.24) is 20.9 Å². The normalized spacial score (nSPS) is 19.5. The summed E-state index contributed by atoms with van der Waals surface area (Å²) in [5.74, 6) is -0.926. The molecular formula is C18H24N4O4. The molecule has 26 heavy (non-hydrogen) atoms. The largest absolute Gasteiger partial charge is 0.338 e. The first-order chi connectivity index (χ1) is 12.2. The standard InChI is InChI=1S/C18H24N4O4/c1-5-19-16(25)20-14(23)10-22-15(24)18(4,21-17(22)26)13-8-6-12(7-9-13)11(2)3/h6-9,11H,5,10H2,1-4H3,(H,21,26)(H2,19,20,23,25). The molecule has 0 aliphatic carbocycles. The lowest BCUT2D eigenvalue weighted by atomic mass is 9.90. The molecule has 1 saturated heterocycles. The first-order valence-corrected chi connectivity index (χ1v) is 8.51. The van der Waals surface area contributed by atoms with Gasteiger partial charge in [-0.3, -0.25) is 19.8 Å². The highest BCUT2D eigenvalue weighted by atomic mass is 16.2. The summed E-state index contributed by atoms with van der Waals surface area (Å²) in [5, 5.41) is 7.11. The average molecular weight is 360 g/mol. The first-order valence-electron chi connectivity index (χ1n) is 8.51. The van der Waals surface area contributed by atoms with Crippen LogP contribution >= 0.6 is 0 Å². The molecule has 1 heterocycles. The molecule has 6 amide bonds. The average Bonchev–Trinajstić information content (AvgIpc) is 2.79. The monoisotopic (exact) mass is 360 g/mol. The van der Waals surface area contributed by atoms with Gasteiger partial charge in [-0.1, -0.05) is 38.1 Å². The zero-order valence-corrected chi connectivity index (χ0v) is 15.4. The number of amides is 6. The Morgan fingerprint density at radius 3 is 2.35 bits per heavy atom. The van der Waals surface area contributed by atoms with E-state index in [9.17, 15) is 19.2 Å². The van der Waals surface area contributed by atoms with Crippen LogP contribution in [0, 0.1) is 0 Å². The predicted octanol–water partition coefficient (Wildman–Crippen LogP) is 1.42. The molecule has 8 heteroatoms. The Labute approximate surface area is 152 Å². The molecule has 0 radical (unpaired) electrons. The minimum absolute atomic E-state index is 0.347. The summed E-state index contributed by atoms with van der Waals surface area (Å²) >= 11 is 0. The minimum atomic E-state index is -1.25. The van der Waals surface area contributed by atoms with Gasteiger partial charge in [0.05, 0.1) is 0 Å². The van der Waals surface area contributed by atoms with Crippen LogP contribution in [0.3, 0.4) is 0 Å². The van der Waals surface area contributed by atoms with E-state index in [4.69, 9.17) is 0 Å². The molecule has 2 rings (SSSR count). The van der Waals surface area contributed by atoms with E-state index in [1.807, 2.05) is 12.1 Å². The van der Waals surface area contributed by atoms with E-state index in [0.717, 1.165) is 10.5 Å². The van der Waals surface area contributed by atoms with Crippen molar-refractivity contribution in [2.75, 3.05) is 13.1 Å². The van der Waals surface area contributed by atoms with Crippen molar-refractivity contribution in [3.05, 3.63) is 35.4 Å². The number of hydrogen-bond acceptors (Lipinski definition) is 4. The molecule has 1 fully saturated rings. The van der Waals surface area contributed by atoms with Crippen LogP contribution in [0.5, 0.6) is 0 Å². The molecule has 0 saturated carbocycles. The number of nitrogens with one attached hydrogen (secondary N) is 3. The Bertz CT molecular complexity index is 729. The minimum Gasteiger partial charge on any atom is -0.338 e. The smallest absolute Gasteiger partial charge is 0.325 e. The molecule has 0 aromatic heterocycles. The second kappa shape index (κ2) is 7.55. The molecule has 1 aliphatic heterocycles. The van der Waals surface area contributed by atoms with Crippen molar-refractivity contribution < 1.29 is 19.2 Å². The first kappa shape index (κ1) is 19.4. The maximum absolute atomic E-state index is 12.8. The van der Waals surface area contributed by atoms with Gasteiger partial charge < -0.3 is 10.6 Å². The third-order valence-corrected chi connectivity index (χ3v) is 4.32. The number of carbonyl (C=O) groups excluding carboxylic acids is 4. The van der Waals surface area contributed by atoms with Crippen molar-refractivity contribution in [3.63, 3.8) is 0 Å².